The van der Waals surface area contributed by atoms with Crippen molar-refractivity contribution in [2.24, 2.45) is 0 Å². The van der Waals surface area contributed by atoms with Crippen molar-refractivity contribution in [3.63, 3.8) is 0 Å². The first kappa shape index (κ1) is 66.1. The summed E-state index contributed by atoms with van der Waals surface area (Å²) in [6, 6.07) is 31.9. The number of hydrogen-bond acceptors (Lipinski definition) is 26. The van der Waals surface area contributed by atoms with Gasteiger partial charge in [-0.1, -0.05) is 83.4 Å². The smallest absolute Gasteiger partial charge is 0.282 e. The van der Waals surface area contributed by atoms with E-state index in [1.165, 1.54) is 34.0 Å². The molecule has 3 atom stereocenters. The molecule has 3 unspecified atom stereocenters. The average Bonchev–Trinajstić information content (AvgIpc) is 2.14. The molecule has 11 heterocycles. The molecule has 3 saturated heterocycles. The molecule has 1 aromatic carbocycles. The maximum absolute atomic E-state index is 12.3. The lowest BCUT2D eigenvalue weighted by Crippen LogP contribution is -2.19. The number of rotatable bonds is 19. The Kier molecular flexibility index (Phi) is 24.3. The van der Waals surface area contributed by atoms with Gasteiger partial charge >= 0.3 is 0 Å². The Balaban J connectivity index is 0.000000152. The van der Waals surface area contributed by atoms with Gasteiger partial charge in [0.05, 0.1) is 42.0 Å². The zero-order chi connectivity index (χ0) is 63.9. The van der Waals surface area contributed by atoms with E-state index in [0.29, 0.717) is 60.7 Å². The van der Waals surface area contributed by atoms with Crippen molar-refractivity contribution in [1.82, 2.24) is 87.1 Å². The summed E-state index contributed by atoms with van der Waals surface area (Å²) in [5, 5.41) is 65.3. The van der Waals surface area contributed by atoms with E-state index in [-0.39, 0.29) is 66.3 Å². The van der Waals surface area contributed by atoms with Gasteiger partial charge in [0.1, 0.15) is 5.78 Å². The van der Waals surface area contributed by atoms with Gasteiger partial charge in [0.15, 0.2) is 26.3 Å². The number of benzene rings is 1. The third-order valence-electron chi connectivity index (χ3n) is 14.3. The first-order valence-electron chi connectivity index (χ1n) is 29.1. The van der Waals surface area contributed by atoms with Crippen LogP contribution in [-0.4, -0.2) is 160 Å². The van der Waals surface area contributed by atoms with E-state index in [2.05, 4.69) is 123 Å². The summed E-state index contributed by atoms with van der Waals surface area (Å²) in [5.41, 5.74) is 5.89. The Morgan fingerprint density at radius 1 is 0.516 bits per heavy atom. The van der Waals surface area contributed by atoms with Crippen molar-refractivity contribution in [1.29, 1.82) is 0 Å². The lowest BCUT2D eigenvalue weighted by Gasteiger charge is -2.13. The molecule has 91 heavy (non-hydrogen) atoms. The van der Waals surface area contributed by atoms with Gasteiger partial charge in [0, 0.05) is 101 Å². The quantitative estimate of drug-likeness (QED) is 0.0553. The van der Waals surface area contributed by atoms with Crippen molar-refractivity contribution in [2.45, 2.75) is 76.0 Å². The average molecular weight is 1350 g/mol. The topological polar surface area (TPSA) is 350 Å². The van der Waals surface area contributed by atoms with Gasteiger partial charge in [0.25, 0.3) is 11.8 Å². The van der Waals surface area contributed by atoms with Crippen LogP contribution in [0.4, 0.5) is 21.9 Å². The first-order valence-corrected chi connectivity index (χ1v) is 32.3. The molecule has 27 nitrogen and oxygen atoms in total. The summed E-state index contributed by atoms with van der Waals surface area (Å²) in [7, 11) is 3.12. The minimum absolute atomic E-state index is 0.0257. The molecule has 0 radical (unpaired) electrons. The molecule has 5 N–H and O–H groups in total. The second-order valence-corrected chi connectivity index (χ2v) is 24.9. The van der Waals surface area contributed by atoms with Crippen LogP contribution in [0, 0.1) is 0 Å². The third-order valence-corrected chi connectivity index (χ3v) is 17.6. The Labute approximate surface area is 543 Å². The number of amides is 4. The maximum atomic E-state index is 12.3. The number of nitrogens with zero attached hydrogens (tertiary/aromatic N) is 16. The Bertz CT molecular complexity index is 3660. The van der Waals surface area contributed by atoms with Gasteiger partial charge in [0.2, 0.25) is 32.1 Å². The molecule has 9 aromatic rings. The van der Waals surface area contributed by atoms with Gasteiger partial charge in [-0.15, -0.1) is 40.8 Å². The molecule has 0 aliphatic carbocycles. The zero-order valence-corrected chi connectivity index (χ0v) is 53.8. The van der Waals surface area contributed by atoms with E-state index in [9.17, 15) is 28.8 Å². The molecule has 0 bridgehead atoms. The molecule has 3 aliphatic heterocycles. The lowest BCUT2D eigenvalue weighted by molar-refractivity contribution is -0.118. The van der Waals surface area contributed by atoms with Crippen LogP contribution in [0.1, 0.15) is 119 Å². The van der Waals surface area contributed by atoms with Crippen LogP contribution >= 0.6 is 49.9 Å². The first-order chi connectivity index (χ1) is 44.3. The van der Waals surface area contributed by atoms with Gasteiger partial charge in [-0.3, -0.25) is 38.7 Å². The van der Waals surface area contributed by atoms with Crippen molar-refractivity contribution in [3.05, 3.63) is 174 Å². The number of carbonyl (C=O) groups excluding carboxylic acids is 6. The van der Waals surface area contributed by atoms with Crippen molar-refractivity contribution in [3.8, 4) is 0 Å². The highest BCUT2D eigenvalue weighted by Crippen LogP contribution is 2.33. The summed E-state index contributed by atoms with van der Waals surface area (Å²) >= 11 is 6.92. The van der Waals surface area contributed by atoms with Crippen LogP contribution in [0.15, 0.2) is 119 Å². The molecule has 470 valence electrons. The number of nitrogens with one attached hydrogen (secondary N) is 5. The molecular weight excluding hydrogens is 1290 g/mol. The van der Waals surface area contributed by atoms with Crippen LogP contribution in [0.25, 0.3) is 0 Å². The van der Waals surface area contributed by atoms with Crippen molar-refractivity contribution >= 4 is 107 Å². The molecule has 31 heteroatoms. The number of anilines is 4. The monoisotopic (exact) mass is 1350 g/mol. The zero-order valence-electron chi connectivity index (χ0n) is 49.8. The van der Waals surface area contributed by atoms with E-state index in [0.717, 1.165) is 97.1 Å². The van der Waals surface area contributed by atoms with Gasteiger partial charge in [-0.05, 0) is 108 Å². The van der Waals surface area contributed by atoms with Gasteiger partial charge in [-0.2, -0.15) is 20.4 Å². The second kappa shape index (κ2) is 33.5. The van der Waals surface area contributed by atoms with Gasteiger partial charge < -0.3 is 36.4 Å². The highest BCUT2D eigenvalue weighted by Gasteiger charge is 2.30. The van der Waals surface area contributed by atoms with E-state index < -0.39 is 0 Å². The number of carbonyl (C=O) groups is 6. The van der Waals surface area contributed by atoms with Gasteiger partial charge in [-0.25, -0.2) is 0 Å². The second-order valence-electron chi connectivity index (χ2n) is 20.7. The van der Waals surface area contributed by atoms with Crippen LogP contribution in [0.3, 0.4) is 0 Å². The predicted octanol–water partition coefficient (Wildman–Crippen LogP) is 6.32. The Morgan fingerprint density at radius 3 is 1.51 bits per heavy atom. The fourth-order valence-corrected chi connectivity index (χ4v) is 12.3. The fourth-order valence-electron chi connectivity index (χ4n) is 9.54. The van der Waals surface area contributed by atoms with Crippen LogP contribution in [0.2, 0.25) is 0 Å². The lowest BCUT2D eigenvalue weighted by atomic mass is 10.0. The van der Waals surface area contributed by atoms with Crippen LogP contribution in [0.5, 0.6) is 0 Å². The fraction of sp³-hybridized carbons (Fsp3) is 0.333. The standard InChI is InChI=1S/C22H23N5O2S.C19H20N8O2S.C15H17N5O.C4H4BrN3OS/c1-2-20(29)21-25-26-22(30-21)27-11-10-16(14-27)19-9-8-17(23-24-19)13-18(28)12-15-6-4-3-5-7-15;1-20-17(29)18-25-26-19(30-18)27-9-7-12(11-27)14-5-6-15(24-23-14)22-16(28)10-13-4-2-3-8-21-13;21-15(9-12-3-1-2-7-17-12)18-14-5-4-13(19-20-14)11-6-8-16-10-11;1-6-2(9)3-7-8-4(5)10-3/h3-9,16H,2,10-14H2,1H3;2-6,8,12H,7,9-11H2,1H3,(H,20,29)(H,22,24,28);1-5,7,11,16H,6,8-10H2,(H,18,20,21);1H3,(H,6,9). The van der Waals surface area contributed by atoms with E-state index in [4.69, 9.17) is 0 Å². The summed E-state index contributed by atoms with van der Waals surface area (Å²) in [6.07, 6.45) is 7.80. The molecule has 0 saturated carbocycles. The number of pyridine rings is 2. The number of halogens is 1. The SMILES string of the molecule is CCC(=O)c1nnc(N2CCC(c3ccc(CC(=O)Cc4ccccc4)nn3)C2)s1.CNC(=O)c1nnc(Br)s1.CNC(=O)c1nnc(N2CCC(c3ccc(NC(=O)Cc4ccccn4)nn3)C2)s1.O=C(Cc1ccccn1)Nc1ccc(C2CCNC2)nn1. The molecule has 12 rings (SSSR count). The number of ketones is 2. The third kappa shape index (κ3) is 19.8. The van der Waals surface area contributed by atoms with Crippen molar-refractivity contribution in [2.75, 3.05) is 73.8 Å². The molecule has 3 fully saturated rings. The molecule has 4 amide bonds. The normalized spacial score (nSPS) is 15.6. The van der Waals surface area contributed by atoms with E-state index in [1.54, 1.807) is 44.7 Å². The molecule has 8 aromatic heterocycles. The number of aromatic nitrogens is 14. The van der Waals surface area contributed by atoms with Crippen LogP contribution in [-0.2, 0) is 40.1 Å². The summed E-state index contributed by atoms with van der Waals surface area (Å²) in [6.45, 7) is 6.94. The number of hydrogen-bond donors (Lipinski definition) is 5. The van der Waals surface area contributed by atoms with Crippen molar-refractivity contribution < 1.29 is 28.8 Å². The highest BCUT2D eigenvalue weighted by molar-refractivity contribution is 9.11. The summed E-state index contributed by atoms with van der Waals surface area (Å²) < 4.78 is 0.617. The summed E-state index contributed by atoms with van der Waals surface area (Å²) in [5.74, 6) is 1.15. The summed E-state index contributed by atoms with van der Waals surface area (Å²) in [4.78, 5) is 83.1. The maximum Gasteiger partial charge on any atom is 0.282 e. The number of Topliss-reactive ketones (excluding diaryl/α,β-unsaturated/α-hetero) is 2. The van der Waals surface area contributed by atoms with E-state index in [1.807, 2.05) is 91.9 Å². The predicted molar refractivity (Wildman–Crippen MR) is 346 cm³/mol. The van der Waals surface area contributed by atoms with E-state index >= 15 is 0 Å². The highest BCUT2D eigenvalue weighted by atomic mass is 79.9. The van der Waals surface area contributed by atoms with Crippen LogP contribution < -0.4 is 36.4 Å². The minimum atomic E-state index is -0.235. The molecule has 3 aliphatic rings. The molecular formula is C60H64BrN21O6S3. The largest absolute Gasteiger partial charge is 0.353 e. The Morgan fingerprint density at radius 2 is 1.03 bits per heavy atom. The molecule has 0 spiro atoms. The Hall–Kier alpha value is -9.30. The minimum Gasteiger partial charge on any atom is -0.353 e.